The maximum absolute atomic E-state index is 12.6. The Morgan fingerprint density at radius 3 is 2.62 bits per heavy atom. The zero-order valence-electron chi connectivity index (χ0n) is 13.5. The summed E-state index contributed by atoms with van der Waals surface area (Å²) in [5.41, 5.74) is 1.96. The van der Waals surface area contributed by atoms with E-state index in [9.17, 15) is 18.0 Å². The van der Waals surface area contributed by atoms with Crippen LogP contribution in [-0.4, -0.2) is 45.8 Å². The quantitative estimate of drug-likeness (QED) is 0.573. The van der Waals surface area contributed by atoms with E-state index in [-0.39, 0.29) is 13.0 Å². The van der Waals surface area contributed by atoms with Crippen LogP contribution in [-0.2, 0) is 28.6 Å². The summed E-state index contributed by atoms with van der Waals surface area (Å²) in [5.74, 6) is -1.00. The van der Waals surface area contributed by atoms with E-state index in [1.54, 1.807) is 26.0 Å². The average Bonchev–Trinajstić information content (AvgIpc) is 2.90. The molecule has 1 aliphatic heterocycles. The summed E-state index contributed by atoms with van der Waals surface area (Å²) in [6.45, 7) is 2.93. The maximum Gasteiger partial charge on any atom is 0.308 e. The molecule has 132 valence electrons. The van der Waals surface area contributed by atoms with E-state index in [1.165, 1.54) is 4.90 Å². The number of esters is 1. The van der Waals surface area contributed by atoms with Crippen LogP contribution in [0.4, 0.5) is 5.69 Å². The largest absolute Gasteiger partial charge is 0.463 e. The molecule has 0 N–H and O–H groups in total. The molecule has 0 aliphatic carbocycles. The molecule has 0 spiro atoms. The van der Waals surface area contributed by atoms with E-state index in [0.717, 1.165) is 11.8 Å². The van der Waals surface area contributed by atoms with Gasteiger partial charge < -0.3 is 9.64 Å². The predicted molar refractivity (Wildman–Crippen MR) is 88.6 cm³/mol. The van der Waals surface area contributed by atoms with Crippen LogP contribution in [0.1, 0.15) is 17.5 Å². The van der Waals surface area contributed by atoms with E-state index < -0.39 is 34.6 Å². The number of anilines is 1. The van der Waals surface area contributed by atoms with Crippen molar-refractivity contribution in [1.82, 2.24) is 0 Å². The summed E-state index contributed by atoms with van der Waals surface area (Å²) in [6, 6.07) is 2.92. The van der Waals surface area contributed by atoms with E-state index in [1.807, 2.05) is 0 Å². The number of cyclic esters (lactones) is 1. The van der Waals surface area contributed by atoms with Gasteiger partial charge in [-0.2, -0.15) is 8.42 Å². The van der Waals surface area contributed by atoms with Crippen molar-refractivity contribution >= 4 is 39.3 Å². The Bertz CT molecular complexity index is 776. The molecule has 24 heavy (non-hydrogen) atoms. The van der Waals surface area contributed by atoms with Crippen molar-refractivity contribution in [3.05, 3.63) is 28.3 Å². The molecule has 1 unspecified atom stereocenters. The molecule has 1 aromatic carbocycles. The summed E-state index contributed by atoms with van der Waals surface area (Å²) in [6.07, 6.45) is 0.888. The maximum atomic E-state index is 12.6. The second-order valence-corrected chi connectivity index (χ2v) is 7.66. The number of hydrogen-bond acceptors (Lipinski definition) is 6. The van der Waals surface area contributed by atoms with Gasteiger partial charge in [-0.1, -0.05) is 17.7 Å². The standard InChI is InChI=1S/C15H18ClNO6S/c1-9-4-5-12(16)10(2)15(9)17(11-6-14(19)22-7-11)13(18)8-23-24(3,20)21/h4-5,11H,6-8H2,1-3H3. The third-order valence-corrected chi connectivity index (χ3v) is 4.63. The highest BCUT2D eigenvalue weighted by Crippen LogP contribution is 2.33. The zero-order valence-corrected chi connectivity index (χ0v) is 15.1. The minimum atomic E-state index is -3.77. The van der Waals surface area contributed by atoms with Crippen LogP contribution in [0.5, 0.6) is 0 Å². The van der Waals surface area contributed by atoms with E-state index in [0.29, 0.717) is 16.3 Å². The van der Waals surface area contributed by atoms with Gasteiger partial charge in [0.15, 0.2) is 0 Å². The molecule has 9 heteroatoms. The third kappa shape index (κ3) is 4.25. The molecular formula is C15H18ClNO6S. The van der Waals surface area contributed by atoms with Crippen molar-refractivity contribution in [2.45, 2.75) is 26.3 Å². The fourth-order valence-corrected chi connectivity index (χ4v) is 3.05. The summed E-state index contributed by atoms with van der Waals surface area (Å²) in [4.78, 5) is 25.4. The first-order valence-corrected chi connectivity index (χ1v) is 9.37. The molecule has 1 heterocycles. The molecule has 1 aromatic rings. The van der Waals surface area contributed by atoms with Crippen molar-refractivity contribution in [1.29, 1.82) is 0 Å². The van der Waals surface area contributed by atoms with Crippen molar-refractivity contribution < 1.29 is 26.9 Å². The Morgan fingerprint density at radius 2 is 2.08 bits per heavy atom. The van der Waals surface area contributed by atoms with Gasteiger partial charge in [-0.3, -0.25) is 13.8 Å². The van der Waals surface area contributed by atoms with E-state index >= 15 is 0 Å². The summed E-state index contributed by atoms with van der Waals surface area (Å²) in [5, 5.41) is 0.461. The fourth-order valence-electron chi connectivity index (χ4n) is 2.58. The number of hydrogen-bond donors (Lipinski definition) is 0. The van der Waals surface area contributed by atoms with Crippen LogP contribution in [0.25, 0.3) is 0 Å². The molecule has 2 rings (SSSR count). The Morgan fingerprint density at radius 1 is 1.42 bits per heavy atom. The minimum Gasteiger partial charge on any atom is -0.463 e. The van der Waals surface area contributed by atoms with Crippen LogP contribution >= 0.6 is 11.6 Å². The number of benzene rings is 1. The number of halogens is 1. The first-order chi connectivity index (χ1) is 11.1. The van der Waals surface area contributed by atoms with Gasteiger partial charge >= 0.3 is 5.97 Å². The third-order valence-electron chi connectivity index (χ3n) is 3.68. The molecule has 1 amide bonds. The van der Waals surface area contributed by atoms with Crippen LogP contribution in [0.3, 0.4) is 0 Å². The lowest BCUT2D eigenvalue weighted by molar-refractivity contribution is -0.138. The normalized spacial score (nSPS) is 17.7. The number of amides is 1. The van der Waals surface area contributed by atoms with Gasteiger partial charge in [-0.05, 0) is 31.0 Å². The summed E-state index contributed by atoms with van der Waals surface area (Å²) < 4.78 is 31.9. The lowest BCUT2D eigenvalue weighted by atomic mass is 10.0. The number of carbonyl (C=O) groups is 2. The second kappa shape index (κ2) is 7.08. The van der Waals surface area contributed by atoms with Crippen molar-refractivity contribution in [2.24, 2.45) is 0 Å². The van der Waals surface area contributed by atoms with Crippen LogP contribution in [0.2, 0.25) is 5.02 Å². The van der Waals surface area contributed by atoms with Crippen LogP contribution < -0.4 is 4.90 Å². The van der Waals surface area contributed by atoms with Gasteiger partial charge in [-0.15, -0.1) is 0 Å². The Kier molecular flexibility index (Phi) is 5.52. The summed E-state index contributed by atoms with van der Waals surface area (Å²) >= 11 is 6.16. The Balaban J connectivity index is 2.42. The molecule has 7 nitrogen and oxygen atoms in total. The highest BCUT2D eigenvalue weighted by Gasteiger charge is 2.35. The highest BCUT2D eigenvalue weighted by molar-refractivity contribution is 7.86. The summed E-state index contributed by atoms with van der Waals surface area (Å²) in [7, 11) is -3.77. The average molecular weight is 376 g/mol. The number of carbonyl (C=O) groups excluding carboxylic acids is 2. The Hall–Kier alpha value is -1.64. The fraction of sp³-hybridized carbons (Fsp3) is 0.467. The molecular weight excluding hydrogens is 358 g/mol. The molecule has 1 atom stereocenters. The number of rotatable bonds is 5. The first-order valence-electron chi connectivity index (χ1n) is 7.18. The molecule has 0 aromatic heterocycles. The van der Waals surface area contributed by atoms with Gasteiger partial charge in [0.25, 0.3) is 16.0 Å². The van der Waals surface area contributed by atoms with E-state index in [2.05, 4.69) is 4.18 Å². The number of nitrogens with zero attached hydrogens (tertiary/aromatic N) is 1. The van der Waals surface area contributed by atoms with E-state index in [4.69, 9.17) is 16.3 Å². The molecule has 0 saturated carbocycles. The lowest BCUT2D eigenvalue weighted by Crippen LogP contribution is -2.44. The molecule has 1 aliphatic rings. The van der Waals surface area contributed by atoms with Crippen molar-refractivity contribution in [3.8, 4) is 0 Å². The van der Waals surface area contributed by atoms with Gasteiger partial charge in [0.2, 0.25) is 0 Å². The number of aryl methyl sites for hydroxylation is 1. The van der Waals surface area contributed by atoms with Crippen LogP contribution in [0, 0.1) is 13.8 Å². The van der Waals surface area contributed by atoms with Crippen molar-refractivity contribution in [3.63, 3.8) is 0 Å². The molecule has 1 fully saturated rings. The Labute approximate surface area is 145 Å². The zero-order chi connectivity index (χ0) is 18.1. The van der Waals surface area contributed by atoms with Crippen LogP contribution in [0.15, 0.2) is 12.1 Å². The monoisotopic (exact) mass is 375 g/mol. The predicted octanol–water partition coefficient (Wildman–Crippen LogP) is 1.58. The highest BCUT2D eigenvalue weighted by atomic mass is 35.5. The number of ether oxygens (including phenoxy) is 1. The molecule has 1 saturated heterocycles. The lowest BCUT2D eigenvalue weighted by Gasteiger charge is -2.30. The molecule has 0 bridgehead atoms. The first kappa shape index (κ1) is 18.7. The smallest absolute Gasteiger partial charge is 0.308 e. The SMILES string of the molecule is Cc1ccc(Cl)c(C)c1N(C(=O)COS(C)(=O)=O)C1COC(=O)C1. The second-order valence-electron chi connectivity index (χ2n) is 5.61. The topological polar surface area (TPSA) is 90.0 Å². The van der Waals surface area contributed by atoms with Gasteiger partial charge in [0.1, 0.15) is 13.2 Å². The van der Waals surface area contributed by atoms with Gasteiger partial charge in [0, 0.05) is 5.02 Å². The minimum absolute atomic E-state index is 0.0238. The molecule has 0 radical (unpaired) electrons. The van der Waals surface area contributed by atoms with Gasteiger partial charge in [0.05, 0.1) is 24.4 Å². The van der Waals surface area contributed by atoms with Gasteiger partial charge in [-0.25, -0.2) is 0 Å². The van der Waals surface area contributed by atoms with Crippen molar-refractivity contribution in [2.75, 3.05) is 24.4 Å².